The summed E-state index contributed by atoms with van der Waals surface area (Å²) >= 11 is 0. The summed E-state index contributed by atoms with van der Waals surface area (Å²) in [7, 11) is 3.19. The van der Waals surface area contributed by atoms with Crippen LogP contribution in [0.4, 0.5) is 5.69 Å². The van der Waals surface area contributed by atoms with Gasteiger partial charge in [-0.15, -0.1) is 0 Å². The summed E-state index contributed by atoms with van der Waals surface area (Å²) in [5.41, 5.74) is 0.666. The number of nitrogens with one attached hydrogen (secondary N) is 1. The summed E-state index contributed by atoms with van der Waals surface area (Å²) in [4.78, 5) is 25.3. The van der Waals surface area contributed by atoms with Crippen molar-refractivity contribution in [1.82, 2.24) is 4.90 Å². The smallest absolute Gasteiger partial charge is 0.251 e. The molecule has 2 rings (SSSR count). The van der Waals surface area contributed by atoms with Gasteiger partial charge in [0.25, 0.3) is 5.91 Å². The van der Waals surface area contributed by atoms with Gasteiger partial charge in [0.05, 0.1) is 13.7 Å². The number of rotatable bonds is 5. The molecule has 1 saturated heterocycles. The Kier molecular flexibility index (Phi) is 5.16. The van der Waals surface area contributed by atoms with Gasteiger partial charge in [-0.25, -0.2) is 0 Å². The SMILES string of the molecule is COc1ccc(NC(=O)CN(C)C(=O)[C@H]2CCCO2)cc1. The third-order valence-electron chi connectivity index (χ3n) is 3.34. The Balaban J connectivity index is 1.83. The maximum atomic E-state index is 12.0. The van der Waals surface area contributed by atoms with E-state index in [0.29, 0.717) is 12.3 Å². The van der Waals surface area contributed by atoms with Gasteiger partial charge in [-0.2, -0.15) is 0 Å². The number of likely N-dealkylation sites (N-methyl/N-ethyl adjacent to an activating group) is 1. The molecule has 1 aliphatic heterocycles. The molecule has 114 valence electrons. The van der Waals surface area contributed by atoms with Crippen LogP contribution in [0.5, 0.6) is 5.75 Å². The van der Waals surface area contributed by atoms with Gasteiger partial charge in [-0.3, -0.25) is 9.59 Å². The first-order valence-corrected chi connectivity index (χ1v) is 6.90. The third-order valence-corrected chi connectivity index (χ3v) is 3.34. The van der Waals surface area contributed by atoms with Crippen LogP contribution in [0.25, 0.3) is 0 Å². The summed E-state index contributed by atoms with van der Waals surface area (Å²) in [6, 6.07) is 7.02. The fourth-order valence-electron chi connectivity index (χ4n) is 2.19. The number of amides is 2. The van der Waals surface area contributed by atoms with Gasteiger partial charge in [0.2, 0.25) is 5.91 Å². The molecule has 1 aliphatic rings. The van der Waals surface area contributed by atoms with Crippen LogP contribution in [0.1, 0.15) is 12.8 Å². The number of ether oxygens (including phenoxy) is 2. The molecule has 0 unspecified atom stereocenters. The van der Waals surface area contributed by atoms with Gasteiger partial charge in [-0.1, -0.05) is 0 Å². The molecule has 1 atom stereocenters. The second kappa shape index (κ2) is 7.08. The highest BCUT2D eigenvalue weighted by atomic mass is 16.5. The Hall–Kier alpha value is -2.08. The van der Waals surface area contributed by atoms with Crippen molar-refractivity contribution in [3.8, 4) is 5.75 Å². The molecule has 0 spiro atoms. The average Bonchev–Trinajstić information content (AvgIpc) is 3.01. The summed E-state index contributed by atoms with van der Waals surface area (Å²) in [5, 5.41) is 2.74. The van der Waals surface area contributed by atoms with Crippen LogP contribution in [0.15, 0.2) is 24.3 Å². The van der Waals surface area contributed by atoms with E-state index in [2.05, 4.69) is 5.32 Å². The fraction of sp³-hybridized carbons (Fsp3) is 0.467. The highest BCUT2D eigenvalue weighted by Crippen LogP contribution is 2.16. The van der Waals surface area contributed by atoms with E-state index in [4.69, 9.17) is 9.47 Å². The molecule has 0 bridgehead atoms. The van der Waals surface area contributed by atoms with E-state index in [0.717, 1.165) is 18.6 Å². The Labute approximate surface area is 124 Å². The highest BCUT2D eigenvalue weighted by Gasteiger charge is 2.27. The molecular weight excluding hydrogens is 272 g/mol. The zero-order valence-electron chi connectivity index (χ0n) is 12.3. The molecule has 1 aromatic carbocycles. The second-order valence-corrected chi connectivity index (χ2v) is 4.97. The maximum absolute atomic E-state index is 12.0. The van der Waals surface area contributed by atoms with Crippen LogP contribution < -0.4 is 10.1 Å². The lowest BCUT2D eigenvalue weighted by Crippen LogP contribution is -2.40. The van der Waals surface area contributed by atoms with Crippen LogP contribution in [0, 0.1) is 0 Å². The topological polar surface area (TPSA) is 67.9 Å². The monoisotopic (exact) mass is 292 g/mol. The molecule has 1 aromatic rings. The van der Waals surface area contributed by atoms with Gasteiger partial charge in [0.1, 0.15) is 11.9 Å². The Morgan fingerprint density at radius 2 is 2.10 bits per heavy atom. The van der Waals surface area contributed by atoms with Crippen LogP contribution in [0.3, 0.4) is 0 Å². The first-order chi connectivity index (χ1) is 10.1. The molecule has 2 amide bonds. The van der Waals surface area contributed by atoms with Gasteiger partial charge in [0.15, 0.2) is 0 Å². The van der Waals surface area contributed by atoms with E-state index in [1.807, 2.05) is 0 Å². The van der Waals surface area contributed by atoms with E-state index in [9.17, 15) is 9.59 Å². The number of benzene rings is 1. The van der Waals surface area contributed by atoms with Crippen LogP contribution in [-0.4, -0.2) is 50.1 Å². The second-order valence-electron chi connectivity index (χ2n) is 4.97. The first kappa shape index (κ1) is 15.3. The van der Waals surface area contributed by atoms with Gasteiger partial charge >= 0.3 is 0 Å². The van der Waals surface area contributed by atoms with Gasteiger partial charge in [0, 0.05) is 19.3 Å². The maximum Gasteiger partial charge on any atom is 0.251 e. The van der Waals surface area contributed by atoms with E-state index in [1.54, 1.807) is 38.4 Å². The van der Waals surface area contributed by atoms with Gasteiger partial charge < -0.3 is 19.7 Å². The number of nitrogens with zero attached hydrogens (tertiary/aromatic N) is 1. The molecule has 1 N–H and O–H groups in total. The number of anilines is 1. The normalized spacial score (nSPS) is 17.3. The molecule has 0 aliphatic carbocycles. The minimum atomic E-state index is -0.399. The number of carbonyl (C=O) groups excluding carboxylic acids is 2. The van der Waals surface area contributed by atoms with Gasteiger partial charge in [-0.05, 0) is 37.1 Å². The molecule has 6 heteroatoms. The zero-order chi connectivity index (χ0) is 15.2. The highest BCUT2D eigenvalue weighted by molar-refractivity contribution is 5.95. The molecular formula is C15H20N2O4. The number of hydrogen-bond donors (Lipinski definition) is 1. The molecule has 1 fully saturated rings. The van der Waals surface area contributed by atoms with Crippen molar-refractivity contribution in [1.29, 1.82) is 0 Å². The Bertz CT molecular complexity index is 495. The Morgan fingerprint density at radius 3 is 2.67 bits per heavy atom. The van der Waals surface area contributed by atoms with E-state index >= 15 is 0 Å². The summed E-state index contributed by atoms with van der Waals surface area (Å²) in [6.45, 7) is 0.618. The molecule has 0 aromatic heterocycles. The first-order valence-electron chi connectivity index (χ1n) is 6.90. The van der Waals surface area contributed by atoms with E-state index in [1.165, 1.54) is 4.90 Å². The van der Waals surface area contributed by atoms with Crippen molar-refractivity contribution >= 4 is 17.5 Å². The van der Waals surface area contributed by atoms with Crippen LogP contribution in [-0.2, 0) is 14.3 Å². The van der Waals surface area contributed by atoms with Crippen molar-refractivity contribution in [3.63, 3.8) is 0 Å². The summed E-state index contributed by atoms with van der Waals surface area (Å²) in [6.07, 6.45) is 1.22. The lowest BCUT2D eigenvalue weighted by Gasteiger charge is -2.20. The van der Waals surface area contributed by atoms with Crippen molar-refractivity contribution in [2.24, 2.45) is 0 Å². The van der Waals surface area contributed by atoms with Crippen molar-refractivity contribution in [3.05, 3.63) is 24.3 Å². The zero-order valence-corrected chi connectivity index (χ0v) is 12.3. The largest absolute Gasteiger partial charge is 0.497 e. The summed E-state index contributed by atoms with van der Waals surface area (Å²) < 4.78 is 10.4. The van der Waals surface area contributed by atoms with Crippen LogP contribution in [0.2, 0.25) is 0 Å². The quantitative estimate of drug-likeness (QED) is 0.887. The average molecular weight is 292 g/mol. The molecule has 0 saturated carbocycles. The molecule has 21 heavy (non-hydrogen) atoms. The molecule has 0 radical (unpaired) electrons. The minimum Gasteiger partial charge on any atom is -0.497 e. The third kappa shape index (κ3) is 4.19. The Morgan fingerprint density at radius 1 is 1.38 bits per heavy atom. The van der Waals surface area contributed by atoms with E-state index < -0.39 is 6.10 Å². The standard InChI is InChI=1S/C15H20N2O4/c1-17(15(19)13-4-3-9-21-13)10-14(18)16-11-5-7-12(20-2)8-6-11/h5-8,13H,3-4,9-10H2,1-2H3,(H,16,18)/t13-/m1/s1. The fourth-order valence-corrected chi connectivity index (χ4v) is 2.19. The number of hydrogen-bond acceptors (Lipinski definition) is 4. The number of carbonyl (C=O) groups is 2. The van der Waals surface area contributed by atoms with Crippen molar-refractivity contribution in [2.45, 2.75) is 18.9 Å². The summed E-state index contributed by atoms with van der Waals surface area (Å²) in [5.74, 6) is 0.338. The van der Waals surface area contributed by atoms with E-state index in [-0.39, 0.29) is 18.4 Å². The predicted octanol–water partition coefficient (Wildman–Crippen LogP) is 1.27. The van der Waals surface area contributed by atoms with Crippen LogP contribution >= 0.6 is 0 Å². The van der Waals surface area contributed by atoms with Crippen molar-refractivity contribution in [2.75, 3.05) is 32.6 Å². The van der Waals surface area contributed by atoms with Crippen molar-refractivity contribution < 1.29 is 19.1 Å². The lowest BCUT2D eigenvalue weighted by atomic mass is 10.2. The molecule has 6 nitrogen and oxygen atoms in total. The predicted molar refractivity (Wildman–Crippen MR) is 78.2 cm³/mol. The lowest BCUT2D eigenvalue weighted by molar-refractivity contribution is -0.141. The minimum absolute atomic E-state index is 0.00469. The number of methoxy groups -OCH3 is 1. The molecule has 1 heterocycles.